The molecule has 4 rings (SSSR count). The maximum absolute atomic E-state index is 12.4. The highest BCUT2D eigenvalue weighted by molar-refractivity contribution is 7.99. The molecule has 1 aliphatic heterocycles. The van der Waals surface area contributed by atoms with Crippen LogP contribution in [0.1, 0.15) is 18.9 Å². The molecule has 1 amide bonds. The smallest absolute Gasteiger partial charge is 0.234 e. The average Bonchev–Trinajstić information content (AvgIpc) is 2.97. The molecule has 7 nitrogen and oxygen atoms in total. The molecule has 0 spiro atoms. The second-order valence-corrected chi connectivity index (χ2v) is 7.87. The topological polar surface area (TPSA) is 78.3 Å². The molecule has 0 saturated carbocycles. The van der Waals surface area contributed by atoms with E-state index in [0.29, 0.717) is 24.2 Å². The molecule has 0 unspecified atom stereocenters. The summed E-state index contributed by atoms with van der Waals surface area (Å²) in [7, 11) is 1.89. The van der Waals surface area contributed by atoms with Crippen LogP contribution in [-0.4, -0.2) is 39.6 Å². The number of aromatic nitrogens is 3. The van der Waals surface area contributed by atoms with Gasteiger partial charge in [0, 0.05) is 24.7 Å². The fourth-order valence-corrected chi connectivity index (χ4v) is 3.97. The summed E-state index contributed by atoms with van der Waals surface area (Å²) < 4.78 is 13.3. The number of benzene rings is 2. The monoisotopic (exact) mass is 424 g/mol. The summed E-state index contributed by atoms with van der Waals surface area (Å²) in [5.74, 6) is 2.37. The fourth-order valence-electron chi connectivity index (χ4n) is 3.26. The number of amides is 1. The summed E-state index contributed by atoms with van der Waals surface area (Å²) in [6.45, 7) is 3.36. The third-order valence-corrected chi connectivity index (χ3v) is 5.87. The SMILES string of the molecule is CCc1ccccc1NC(=O)CSc1nnc(-c2ccc3c(c2)OCCCO3)n1C. The Kier molecular flexibility index (Phi) is 6.23. The Bertz CT molecular complexity index is 1050. The normalized spacial score (nSPS) is 13.0. The lowest BCUT2D eigenvalue weighted by Gasteiger charge is -2.10. The van der Waals surface area contributed by atoms with Crippen molar-refractivity contribution in [2.24, 2.45) is 7.05 Å². The van der Waals surface area contributed by atoms with Crippen molar-refractivity contribution in [1.29, 1.82) is 0 Å². The number of nitrogens with one attached hydrogen (secondary N) is 1. The van der Waals surface area contributed by atoms with Crippen LogP contribution in [0.25, 0.3) is 11.4 Å². The molecule has 0 radical (unpaired) electrons. The molecule has 1 aliphatic rings. The molecule has 0 bridgehead atoms. The van der Waals surface area contributed by atoms with E-state index in [1.807, 2.05) is 54.1 Å². The van der Waals surface area contributed by atoms with Crippen LogP contribution in [0.5, 0.6) is 11.5 Å². The van der Waals surface area contributed by atoms with E-state index in [2.05, 4.69) is 22.4 Å². The molecule has 8 heteroatoms. The molecule has 30 heavy (non-hydrogen) atoms. The van der Waals surface area contributed by atoms with Crippen molar-refractivity contribution in [2.45, 2.75) is 24.9 Å². The van der Waals surface area contributed by atoms with E-state index in [1.54, 1.807) is 0 Å². The number of anilines is 1. The van der Waals surface area contributed by atoms with Crippen LogP contribution in [0.4, 0.5) is 5.69 Å². The zero-order chi connectivity index (χ0) is 20.9. The highest BCUT2D eigenvalue weighted by atomic mass is 32.2. The number of aryl methyl sites for hydroxylation is 1. The maximum atomic E-state index is 12.4. The quantitative estimate of drug-likeness (QED) is 0.604. The molecule has 0 atom stereocenters. The summed E-state index contributed by atoms with van der Waals surface area (Å²) in [6, 6.07) is 13.6. The minimum atomic E-state index is -0.0685. The van der Waals surface area contributed by atoms with Crippen molar-refractivity contribution < 1.29 is 14.3 Å². The van der Waals surface area contributed by atoms with Crippen LogP contribution >= 0.6 is 11.8 Å². The van der Waals surface area contributed by atoms with Crippen molar-refractivity contribution in [3.63, 3.8) is 0 Å². The van der Waals surface area contributed by atoms with E-state index in [9.17, 15) is 4.79 Å². The first-order valence-electron chi connectivity index (χ1n) is 9.95. The Morgan fingerprint density at radius 1 is 1.13 bits per heavy atom. The number of thioether (sulfide) groups is 1. The minimum Gasteiger partial charge on any atom is -0.490 e. The van der Waals surface area contributed by atoms with Gasteiger partial charge in [-0.25, -0.2) is 0 Å². The number of fused-ring (bicyclic) bond motifs is 1. The second kappa shape index (κ2) is 9.21. The predicted molar refractivity (Wildman–Crippen MR) is 117 cm³/mol. The van der Waals surface area contributed by atoms with Gasteiger partial charge < -0.3 is 19.4 Å². The molecule has 0 saturated heterocycles. The first-order valence-corrected chi connectivity index (χ1v) is 10.9. The Morgan fingerprint density at radius 3 is 2.77 bits per heavy atom. The van der Waals surface area contributed by atoms with Crippen molar-refractivity contribution in [1.82, 2.24) is 14.8 Å². The highest BCUT2D eigenvalue weighted by Crippen LogP contribution is 2.34. The van der Waals surface area contributed by atoms with E-state index in [1.165, 1.54) is 11.8 Å². The zero-order valence-electron chi connectivity index (χ0n) is 17.1. The molecule has 1 N–H and O–H groups in total. The van der Waals surface area contributed by atoms with E-state index < -0.39 is 0 Å². The van der Waals surface area contributed by atoms with Crippen molar-refractivity contribution >= 4 is 23.4 Å². The number of nitrogens with zero attached hydrogens (tertiary/aromatic N) is 3. The lowest BCUT2D eigenvalue weighted by atomic mass is 10.1. The van der Waals surface area contributed by atoms with Gasteiger partial charge in [-0.05, 0) is 36.2 Å². The Morgan fingerprint density at radius 2 is 1.93 bits per heavy atom. The first kappa shape index (κ1) is 20.3. The summed E-state index contributed by atoms with van der Waals surface area (Å²) in [6.07, 6.45) is 1.73. The lowest BCUT2D eigenvalue weighted by Crippen LogP contribution is -2.15. The number of ether oxygens (including phenoxy) is 2. The van der Waals surface area contributed by atoms with Crippen molar-refractivity contribution in [3.05, 3.63) is 48.0 Å². The molecular weight excluding hydrogens is 400 g/mol. The van der Waals surface area contributed by atoms with E-state index >= 15 is 0 Å². The highest BCUT2D eigenvalue weighted by Gasteiger charge is 2.17. The number of para-hydroxylation sites is 1. The number of carbonyl (C=O) groups is 1. The standard InChI is InChI=1S/C22H24N4O3S/c1-3-15-7-4-5-8-17(15)23-20(27)14-30-22-25-24-21(26(22)2)16-9-10-18-19(13-16)29-12-6-11-28-18/h4-5,7-10,13H,3,6,11-12,14H2,1-2H3,(H,23,27). The maximum Gasteiger partial charge on any atom is 0.234 e. The third kappa shape index (κ3) is 4.43. The van der Waals surface area contributed by atoms with Gasteiger partial charge in [-0.2, -0.15) is 0 Å². The van der Waals surface area contributed by atoms with Gasteiger partial charge in [-0.3, -0.25) is 4.79 Å². The minimum absolute atomic E-state index is 0.0685. The van der Waals surface area contributed by atoms with Crippen LogP contribution in [0.3, 0.4) is 0 Å². The van der Waals surface area contributed by atoms with Gasteiger partial charge >= 0.3 is 0 Å². The van der Waals surface area contributed by atoms with Crippen LogP contribution in [0.15, 0.2) is 47.6 Å². The van der Waals surface area contributed by atoms with Crippen LogP contribution in [0.2, 0.25) is 0 Å². The molecule has 0 fully saturated rings. The summed E-state index contributed by atoms with van der Waals surface area (Å²) >= 11 is 1.36. The Hall–Kier alpha value is -3.00. The van der Waals surface area contributed by atoms with Crippen LogP contribution < -0.4 is 14.8 Å². The van der Waals surface area contributed by atoms with Gasteiger partial charge in [0.1, 0.15) is 0 Å². The van der Waals surface area contributed by atoms with Crippen LogP contribution in [0, 0.1) is 0 Å². The van der Waals surface area contributed by atoms with E-state index in [4.69, 9.17) is 9.47 Å². The van der Waals surface area contributed by atoms with Crippen LogP contribution in [-0.2, 0) is 18.3 Å². The van der Waals surface area contributed by atoms with E-state index in [-0.39, 0.29) is 11.7 Å². The van der Waals surface area contributed by atoms with Gasteiger partial charge in [0.2, 0.25) is 5.91 Å². The van der Waals surface area contributed by atoms with Crippen molar-refractivity contribution in [3.8, 4) is 22.9 Å². The number of rotatable bonds is 6. The van der Waals surface area contributed by atoms with Crippen molar-refractivity contribution in [2.75, 3.05) is 24.3 Å². The summed E-state index contributed by atoms with van der Waals surface area (Å²) in [5, 5.41) is 12.2. The molecule has 3 aromatic rings. The number of carbonyl (C=O) groups excluding carboxylic acids is 1. The lowest BCUT2D eigenvalue weighted by molar-refractivity contribution is -0.113. The third-order valence-electron chi connectivity index (χ3n) is 4.85. The molecule has 0 aliphatic carbocycles. The fraction of sp³-hybridized carbons (Fsp3) is 0.318. The van der Waals surface area contributed by atoms with Gasteiger partial charge in [0.15, 0.2) is 22.5 Å². The number of hydrogen-bond acceptors (Lipinski definition) is 6. The number of hydrogen-bond donors (Lipinski definition) is 1. The summed E-state index contributed by atoms with van der Waals surface area (Å²) in [4.78, 5) is 12.4. The zero-order valence-corrected chi connectivity index (χ0v) is 17.9. The predicted octanol–water partition coefficient (Wildman–Crippen LogP) is 3.94. The average molecular weight is 425 g/mol. The summed E-state index contributed by atoms with van der Waals surface area (Å²) in [5.41, 5.74) is 2.87. The molecule has 2 heterocycles. The van der Waals surface area contributed by atoms with Gasteiger partial charge in [0.05, 0.1) is 19.0 Å². The molecule has 156 valence electrons. The second-order valence-electron chi connectivity index (χ2n) is 6.92. The first-order chi connectivity index (χ1) is 14.7. The van der Waals surface area contributed by atoms with Gasteiger partial charge in [-0.15, -0.1) is 10.2 Å². The van der Waals surface area contributed by atoms with Gasteiger partial charge in [0.25, 0.3) is 0 Å². The Balaban J connectivity index is 1.43. The largest absolute Gasteiger partial charge is 0.490 e. The molecule has 2 aromatic carbocycles. The molecule has 1 aromatic heterocycles. The molecular formula is C22H24N4O3S. The Labute approximate surface area is 179 Å². The van der Waals surface area contributed by atoms with Gasteiger partial charge in [-0.1, -0.05) is 36.9 Å². The van der Waals surface area contributed by atoms with E-state index in [0.717, 1.165) is 41.2 Å².